The molecule has 0 aliphatic heterocycles. The fourth-order valence-electron chi connectivity index (χ4n) is 2.12. The molecule has 3 nitrogen and oxygen atoms in total. The van der Waals surface area contributed by atoms with Crippen LogP contribution in [0.15, 0.2) is 18.2 Å². The van der Waals surface area contributed by atoms with Gasteiger partial charge in [0.25, 0.3) is 0 Å². The lowest BCUT2D eigenvalue weighted by atomic mass is 9.99. The lowest BCUT2D eigenvalue weighted by Crippen LogP contribution is -2.26. The molecule has 0 aliphatic rings. The van der Waals surface area contributed by atoms with Crippen molar-refractivity contribution in [1.82, 2.24) is 4.90 Å². The molecule has 3 heteroatoms. The molecule has 19 heavy (non-hydrogen) atoms. The van der Waals surface area contributed by atoms with E-state index in [0.717, 1.165) is 18.7 Å². The third-order valence-corrected chi connectivity index (χ3v) is 3.23. The van der Waals surface area contributed by atoms with Gasteiger partial charge >= 0.3 is 0 Å². The van der Waals surface area contributed by atoms with Crippen molar-refractivity contribution in [2.75, 3.05) is 27.2 Å². The number of rotatable bonds is 7. The van der Waals surface area contributed by atoms with Gasteiger partial charge in [-0.05, 0) is 43.5 Å². The van der Waals surface area contributed by atoms with E-state index in [4.69, 9.17) is 4.74 Å². The zero-order chi connectivity index (χ0) is 14.4. The first-order valence-electron chi connectivity index (χ1n) is 6.78. The third-order valence-electron chi connectivity index (χ3n) is 3.23. The Morgan fingerprint density at radius 3 is 2.58 bits per heavy atom. The van der Waals surface area contributed by atoms with E-state index in [1.807, 2.05) is 18.0 Å². The molecule has 0 N–H and O–H groups in total. The van der Waals surface area contributed by atoms with E-state index in [-0.39, 0.29) is 5.78 Å². The highest BCUT2D eigenvalue weighted by atomic mass is 16.5. The van der Waals surface area contributed by atoms with E-state index in [9.17, 15) is 4.79 Å². The maximum atomic E-state index is 11.1. The summed E-state index contributed by atoms with van der Waals surface area (Å²) in [5.74, 6) is 1.64. The van der Waals surface area contributed by atoms with Crippen LogP contribution in [0.25, 0.3) is 0 Å². The monoisotopic (exact) mass is 263 g/mol. The van der Waals surface area contributed by atoms with E-state index in [1.54, 1.807) is 14.0 Å². The highest BCUT2D eigenvalue weighted by Crippen LogP contribution is 2.24. The second-order valence-corrected chi connectivity index (χ2v) is 5.42. The smallest absolute Gasteiger partial charge is 0.143 e. The van der Waals surface area contributed by atoms with Crippen molar-refractivity contribution in [1.29, 1.82) is 0 Å². The van der Waals surface area contributed by atoms with Crippen molar-refractivity contribution < 1.29 is 9.53 Å². The standard InChI is InChI=1S/C16H25NO2/c1-12(2)14-6-7-16(19-5)15(10-14)8-9-17(4)11-13(3)18/h6-7,10,12H,8-9,11H2,1-5H3. The molecule has 0 radical (unpaired) electrons. The first-order valence-corrected chi connectivity index (χ1v) is 6.78. The first kappa shape index (κ1) is 15.7. The highest BCUT2D eigenvalue weighted by molar-refractivity contribution is 5.77. The van der Waals surface area contributed by atoms with E-state index in [2.05, 4.69) is 26.0 Å². The van der Waals surface area contributed by atoms with Gasteiger partial charge in [-0.1, -0.05) is 26.0 Å². The number of nitrogens with zero attached hydrogens (tertiary/aromatic N) is 1. The molecule has 0 atom stereocenters. The lowest BCUT2D eigenvalue weighted by Gasteiger charge is -2.17. The van der Waals surface area contributed by atoms with E-state index in [0.29, 0.717) is 12.5 Å². The average Bonchev–Trinajstić information content (AvgIpc) is 2.35. The number of hydrogen-bond acceptors (Lipinski definition) is 3. The fourth-order valence-corrected chi connectivity index (χ4v) is 2.12. The maximum absolute atomic E-state index is 11.1. The second kappa shape index (κ2) is 7.29. The first-order chi connectivity index (χ1) is 8.93. The summed E-state index contributed by atoms with van der Waals surface area (Å²) in [4.78, 5) is 13.1. The van der Waals surface area contributed by atoms with Crippen LogP contribution >= 0.6 is 0 Å². The molecule has 0 spiro atoms. The number of Topliss-reactive ketones (excluding diaryl/α,β-unsaturated/α-hetero) is 1. The Bertz CT molecular complexity index is 427. The van der Waals surface area contributed by atoms with Gasteiger partial charge in [0.15, 0.2) is 0 Å². The van der Waals surface area contributed by atoms with Crippen LogP contribution in [0.1, 0.15) is 37.8 Å². The molecule has 1 rings (SSSR count). The summed E-state index contributed by atoms with van der Waals surface area (Å²) >= 11 is 0. The normalized spacial score (nSPS) is 11.1. The molecular formula is C16H25NO2. The van der Waals surface area contributed by atoms with Gasteiger partial charge in [-0.15, -0.1) is 0 Å². The van der Waals surface area contributed by atoms with E-state index in [1.165, 1.54) is 11.1 Å². The molecule has 1 aromatic rings. The number of carbonyl (C=O) groups is 1. The Kier molecular flexibility index (Phi) is 6.03. The Labute approximate surface area is 116 Å². The summed E-state index contributed by atoms with van der Waals surface area (Å²) in [6.07, 6.45) is 0.896. The molecule has 0 bridgehead atoms. The van der Waals surface area contributed by atoms with Crippen molar-refractivity contribution in [3.8, 4) is 5.75 Å². The molecule has 0 fully saturated rings. The Morgan fingerprint density at radius 2 is 2.05 bits per heavy atom. The van der Waals surface area contributed by atoms with Crippen LogP contribution in [0.4, 0.5) is 0 Å². The van der Waals surface area contributed by atoms with Crippen LogP contribution < -0.4 is 4.74 Å². The van der Waals surface area contributed by atoms with Crippen molar-refractivity contribution in [3.63, 3.8) is 0 Å². The molecule has 0 aliphatic carbocycles. The van der Waals surface area contributed by atoms with Gasteiger partial charge in [-0.3, -0.25) is 9.69 Å². The Hall–Kier alpha value is -1.35. The van der Waals surface area contributed by atoms with Crippen molar-refractivity contribution in [2.45, 2.75) is 33.1 Å². The van der Waals surface area contributed by atoms with E-state index < -0.39 is 0 Å². The number of carbonyl (C=O) groups excluding carboxylic acids is 1. The number of hydrogen-bond donors (Lipinski definition) is 0. The van der Waals surface area contributed by atoms with Crippen molar-refractivity contribution >= 4 is 5.78 Å². The predicted molar refractivity (Wildman–Crippen MR) is 79.0 cm³/mol. The Balaban J connectivity index is 2.75. The van der Waals surface area contributed by atoms with Crippen LogP contribution in [-0.2, 0) is 11.2 Å². The molecule has 0 amide bonds. The number of ether oxygens (including phenoxy) is 1. The maximum Gasteiger partial charge on any atom is 0.143 e. The molecule has 106 valence electrons. The zero-order valence-electron chi connectivity index (χ0n) is 12.7. The summed E-state index contributed by atoms with van der Waals surface area (Å²) in [6, 6.07) is 6.37. The summed E-state index contributed by atoms with van der Waals surface area (Å²) < 4.78 is 5.41. The lowest BCUT2D eigenvalue weighted by molar-refractivity contribution is -0.117. The predicted octanol–water partition coefficient (Wildman–Crippen LogP) is 2.88. The molecule has 0 heterocycles. The highest BCUT2D eigenvalue weighted by Gasteiger charge is 2.09. The quantitative estimate of drug-likeness (QED) is 0.757. The van der Waals surface area contributed by atoms with Gasteiger partial charge in [0.2, 0.25) is 0 Å². The number of methoxy groups -OCH3 is 1. The van der Waals surface area contributed by atoms with Gasteiger partial charge in [0.1, 0.15) is 11.5 Å². The Morgan fingerprint density at radius 1 is 1.37 bits per heavy atom. The summed E-state index contributed by atoms with van der Waals surface area (Å²) in [6.45, 7) is 7.36. The number of benzene rings is 1. The molecule has 0 saturated carbocycles. The average molecular weight is 263 g/mol. The minimum atomic E-state index is 0.199. The van der Waals surface area contributed by atoms with E-state index >= 15 is 0 Å². The molecule has 0 saturated heterocycles. The SMILES string of the molecule is COc1ccc(C(C)C)cc1CCN(C)CC(C)=O. The molecular weight excluding hydrogens is 238 g/mol. The number of ketones is 1. The summed E-state index contributed by atoms with van der Waals surface area (Å²) in [5, 5.41) is 0. The fraction of sp³-hybridized carbons (Fsp3) is 0.562. The van der Waals surface area contributed by atoms with Gasteiger partial charge in [-0.2, -0.15) is 0 Å². The molecule has 1 aromatic carbocycles. The van der Waals surface area contributed by atoms with Crippen molar-refractivity contribution in [3.05, 3.63) is 29.3 Å². The van der Waals surface area contributed by atoms with Crippen LogP contribution in [0.3, 0.4) is 0 Å². The van der Waals surface area contributed by atoms with Gasteiger partial charge < -0.3 is 4.74 Å². The minimum absolute atomic E-state index is 0.199. The number of likely N-dealkylation sites (N-methyl/N-ethyl adjacent to an activating group) is 1. The van der Waals surface area contributed by atoms with Crippen molar-refractivity contribution in [2.24, 2.45) is 0 Å². The van der Waals surface area contributed by atoms with Gasteiger partial charge in [0.05, 0.1) is 13.7 Å². The van der Waals surface area contributed by atoms with Crippen LogP contribution in [0, 0.1) is 0 Å². The largest absolute Gasteiger partial charge is 0.496 e. The topological polar surface area (TPSA) is 29.5 Å². The van der Waals surface area contributed by atoms with Crippen LogP contribution in [-0.4, -0.2) is 37.9 Å². The van der Waals surface area contributed by atoms with Crippen LogP contribution in [0.2, 0.25) is 0 Å². The minimum Gasteiger partial charge on any atom is -0.496 e. The summed E-state index contributed by atoms with van der Waals surface area (Å²) in [7, 11) is 3.67. The van der Waals surface area contributed by atoms with Gasteiger partial charge in [0, 0.05) is 6.54 Å². The molecule has 0 unspecified atom stereocenters. The zero-order valence-corrected chi connectivity index (χ0v) is 12.7. The van der Waals surface area contributed by atoms with Crippen LogP contribution in [0.5, 0.6) is 5.75 Å². The van der Waals surface area contributed by atoms with Gasteiger partial charge in [-0.25, -0.2) is 0 Å². The second-order valence-electron chi connectivity index (χ2n) is 5.42. The molecule has 0 aromatic heterocycles. The summed E-state index contributed by atoms with van der Waals surface area (Å²) in [5.41, 5.74) is 2.54. The third kappa shape index (κ3) is 5.03.